The fourth-order valence-electron chi connectivity index (χ4n) is 3.83. The Morgan fingerprint density at radius 2 is 2.00 bits per heavy atom. The molecule has 0 unspecified atom stereocenters. The molecule has 3 rings (SSSR count). The molecule has 6 nitrogen and oxygen atoms in total. The first-order valence-corrected chi connectivity index (χ1v) is 9.56. The molecule has 27 heavy (non-hydrogen) atoms. The third-order valence-electron chi connectivity index (χ3n) is 5.16. The molecular formula is C21H28N2O4. The highest BCUT2D eigenvalue weighted by atomic mass is 16.5. The molecule has 6 heteroatoms. The maximum absolute atomic E-state index is 12.3. The molecule has 1 fully saturated rings. The number of pyridine rings is 1. The normalized spacial score (nSPS) is 19.8. The van der Waals surface area contributed by atoms with Crippen LogP contribution >= 0.6 is 0 Å². The molecule has 0 amide bonds. The Morgan fingerprint density at radius 3 is 2.67 bits per heavy atom. The highest BCUT2D eigenvalue weighted by Gasteiger charge is 2.25. The van der Waals surface area contributed by atoms with Crippen LogP contribution in [0.4, 0.5) is 5.69 Å². The van der Waals surface area contributed by atoms with Crippen LogP contribution in [0.5, 0.6) is 5.75 Å². The van der Waals surface area contributed by atoms with Crippen LogP contribution in [0, 0.1) is 12.8 Å². The van der Waals surface area contributed by atoms with Crippen molar-refractivity contribution < 1.29 is 19.0 Å². The van der Waals surface area contributed by atoms with E-state index in [1.165, 1.54) is 0 Å². The van der Waals surface area contributed by atoms with E-state index in [0.29, 0.717) is 40.6 Å². The van der Waals surface area contributed by atoms with Gasteiger partial charge < -0.3 is 19.9 Å². The number of benzene rings is 1. The number of nitrogens with two attached hydrogens (primary N) is 1. The van der Waals surface area contributed by atoms with E-state index in [4.69, 9.17) is 19.9 Å². The Labute approximate surface area is 160 Å². The van der Waals surface area contributed by atoms with Crippen molar-refractivity contribution in [1.82, 2.24) is 4.98 Å². The van der Waals surface area contributed by atoms with Gasteiger partial charge in [0.25, 0.3) is 0 Å². The zero-order valence-corrected chi connectivity index (χ0v) is 16.3. The van der Waals surface area contributed by atoms with Crippen LogP contribution in [0.25, 0.3) is 10.9 Å². The molecule has 1 aromatic heterocycles. The second-order valence-electron chi connectivity index (χ2n) is 7.07. The monoisotopic (exact) mass is 372 g/mol. The minimum atomic E-state index is -0.447. The summed E-state index contributed by atoms with van der Waals surface area (Å²) in [5.74, 6) is 0.835. The number of carbonyl (C=O) groups is 1. The summed E-state index contributed by atoms with van der Waals surface area (Å²) in [5.41, 5.74) is 8.37. The lowest BCUT2D eigenvalue weighted by Gasteiger charge is -2.29. The van der Waals surface area contributed by atoms with Gasteiger partial charge in [-0.2, -0.15) is 0 Å². The molecule has 146 valence electrons. The van der Waals surface area contributed by atoms with Gasteiger partial charge in [-0.3, -0.25) is 4.98 Å². The summed E-state index contributed by atoms with van der Waals surface area (Å²) in [7, 11) is 1.75. The molecule has 0 radical (unpaired) electrons. The predicted octanol–water partition coefficient (Wildman–Crippen LogP) is 3.89. The minimum Gasteiger partial charge on any atom is -0.490 e. The molecule has 0 bridgehead atoms. The fraction of sp³-hybridized carbons (Fsp3) is 0.524. The van der Waals surface area contributed by atoms with Gasteiger partial charge in [-0.25, -0.2) is 4.79 Å². The molecular weight excluding hydrogens is 344 g/mol. The highest BCUT2D eigenvalue weighted by molar-refractivity contribution is 6.07. The number of rotatable bonds is 6. The molecule has 1 aromatic carbocycles. The number of hydrogen-bond donors (Lipinski definition) is 1. The number of nitrogens with zero attached hydrogens (tertiary/aromatic N) is 1. The topological polar surface area (TPSA) is 83.7 Å². The first-order valence-electron chi connectivity index (χ1n) is 9.56. The van der Waals surface area contributed by atoms with E-state index in [2.05, 4.69) is 4.98 Å². The Morgan fingerprint density at radius 1 is 1.26 bits per heavy atom. The molecule has 1 aliphatic rings. The summed E-state index contributed by atoms with van der Waals surface area (Å²) >= 11 is 0. The van der Waals surface area contributed by atoms with Gasteiger partial charge >= 0.3 is 5.97 Å². The lowest BCUT2D eigenvalue weighted by molar-refractivity contribution is 0.0526. The maximum Gasteiger partial charge on any atom is 0.342 e. The molecule has 2 aromatic rings. The lowest BCUT2D eigenvalue weighted by Crippen LogP contribution is -2.26. The standard InChI is InChI=1S/C21H28N2O4/c1-4-26-21(24)18-13(2)23-16-6-5-7-17(19(16)20(18)22)27-15-10-8-14(9-11-15)12-25-3/h5-7,14-15H,4,8-12H2,1-3H3,(H2,22,23)/t14-,15-. The van der Waals surface area contributed by atoms with Gasteiger partial charge in [-0.1, -0.05) is 6.07 Å². The van der Waals surface area contributed by atoms with Crippen LogP contribution in [0.1, 0.15) is 48.7 Å². The Balaban J connectivity index is 1.90. The third kappa shape index (κ3) is 4.16. The van der Waals surface area contributed by atoms with Crippen LogP contribution in [0.15, 0.2) is 18.2 Å². The van der Waals surface area contributed by atoms with Crippen molar-refractivity contribution in [3.63, 3.8) is 0 Å². The van der Waals surface area contributed by atoms with Crippen molar-refractivity contribution in [2.75, 3.05) is 26.1 Å². The molecule has 0 aliphatic heterocycles. The molecule has 2 N–H and O–H groups in total. The number of esters is 1. The Bertz CT molecular complexity index is 813. The van der Waals surface area contributed by atoms with Gasteiger partial charge in [0.2, 0.25) is 0 Å². The van der Waals surface area contributed by atoms with E-state index < -0.39 is 5.97 Å². The number of ether oxygens (including phenoxy) is 3. The van der Waals surface area contributed by atoms with Crippen molar-refractivity contribution in [3.05, 3.63) is 29.5 Å². The smallest absolute Gasteiger partial charge is 0.342 e. The van der Waals surface area contributed by atoms with E-state index >= 15 is 0 Å². The van der Waals surface area contributed by atoms with Crippen LogP contribution in [-0.2, 0) is 9.47 Å². The van der Waals surface area contributed by atoms with E-state index in [1.54, 1.807) is 21.0 Å². The molecule has 0 atom stereocenters. The number of carbonyl (C=O) groups excluding carboxylic acids is 1. The van der Waals surface area contributed by atoms with E-state index in [0.717, 1.165) is 37.8 Å². The summed E-state index contributed by atoms with van der Waals surface area (Å²) in [4.78, 5) is 16.9. The van der Waals surface area contributed by atoms with Gasteiger partial charge in [0.05, 0.1) is 35.0 Å². The second-order valence-corrected chi connectivity index (χ2v) is 7.07. The summed E-state index contributed by atoms with van der Waals surface area (Å²) in [6.07, 6.45) is 4.27. The second kappa shape index (κ2) is 8.57. The van der Waals surface area contributed by atoms with Crippen LogP contribution in [0.3, 0.4) is 0 Å². The number of fused-ring (bicyclic) bond motifs is 1. The first kappa shape index (κ1) is 19.4. The van der Waals surface area contributed by atoms with Crippen LogP contribution in [0.2, 0.25) is 0 Å². The number of aromatic nitrogens is 1. The number of anilines is 1. The van der Waals surface area contributed by atoms with E-state index in [-0.39, 0.29) is 6.10 Å². The van der Waals surface area contributed by atoms with Gasteiger partial charge in [-0.15, -0.1) is 0 Å². The Hall–Kier alpha value is -2.34. The summed E-state index contributed by atoms with van der Waals surface area (Å²) < 4.78 is 16.7. The number of methoxy groups -OCH3 is 1. The molecule has 1 aliphatic carbocycles. The van der Waals surface area contributed by atoms with Gasteiger partial charge in [0.1, 0.15) is 11.3 Å². The van der Waals surface area contributed by atoms with Crippen molar-refractivity contribution in [3.8, 4) is 5.75 Å². The summed E-state index contributed by atoms with van der Waals surface area (Å²) in [6.45, 7) is 4.64. The van der Waals surface area contributed by atoms with E-state index in [9.17, 15) is 4.79 Å². The van der Waals surface area contributed by atoms with Crippen molar-refractivity contribution in [1.29, 1.82) is 0 Å². The summed E-state index contributed by atoms with van der Waals surface area (Å²) in [6, 6.07) is 5.69. The predicted molar refractivity (Wildman–Crippen MR) is 105 cm³/mol. The van der Waals surface area contributed by atoms with Crippen molar-refractivity contribution in [2.45, 2.75) is 45.6 Å². The molecule has 0 saturated heterocycles. The largest absolute Gasteiger partial charge is 0.490 e. The average Bonchev–Trinajstić information content (AvgIpc) is 2.63. The number of hydrogen-bond acceptors (Lipinski definition) is 6. The van der Waals surface area contributed by atoms with Gasteiger partial charge in [0, 0.05) is 13.7 Å². The third-order valence-corrected chi connectivity index (χ3v) is 5.16. The Kier molecular flexibility index (Phi) is 6.16. The SMILES string of the molecule is CCOC(=O)c1c(C)nc2cccc(O[C@H]3CC[C@H](COC)CC3)c2c1N. The van der Waals surface area contributed by atoms with Gasteiger partial charge in [0.15, 0.2) is 0 Å². The first-order chi connectivity index (χ1) is 13.0. The van der Waals surface area contributed by atoms with Gasteiger partial charge in [-0.05, 0) is 57.6 Å². The minimum absolute atomic E-state index is 0.135. The molecule has 0 spiro atoms. The van der Waals surface area contributed by atoms with Crippen LogP contribution in [-0.4, -0.2) is 37.4 Å². The van der Waals surface area contributed by atoms with Crippen molar-refractivity contribution >= 4 is 22.6 Å². The number of aryl methyl sites for hydroxylation is 1. The zero-order valence-electron chi connectivity index (χ0n) is 16.3. The van der Waals surface area contributed by atoms with Crippen molar-refractivity contribution in [2.24, 2.45) is 5.92 Å². The maximum atomic E-state index is 12.3. The lowest BCUT2D eigenvalue weighted by atomic mass is 9.88. The van der Waals surface area contributed by atoms with Crippen LogP contribution < -0.4 is 10.5 Å². The fourth-order valence-corrected chi connectivity index (χ4v) is 3.83. The number of nitrogen functional groups attached to an aromatic ring is 1. The highest BCUT2D eigenvalue weighted by Crippen LogP contribution is 2.36. The molecule has 1 saturated carbocycles. The quantitative estimate of drug-likeness (QED) is 0.775. The average molecular weight is 372 g/mol. The summed E-state index contributed by atoms with van der Waals surface area (Å²) in [5, 5.41) is 0.685. The zero-order chi connectivity index (χ0) is 19.4. The molecule has 1 heterocycles. The van der Waals surface area contributed by atoms with E-state index in [1.807, 2.05) is 18.2 Å².